The van der Waals surface area contributed by atoms with Gasteiger partial charge in [0.05, 0.1) is 22.1 Å². The molecule has 0 atom stereocenters. The predicted octanol–water partition coefficient (Wildman–Crippen LogP) is 10.7. The van der Waals surface area contributed by atoms with Gasteiger partial charge in [0.25, 0.3) is 0 Å². The van der Waals surface area contributed by atoms with Crippen LogP contribution in [0.1, 0.15) is 0 Å². The van der Waals surface area contributed by atoms with E-state index < -0.39 is 0 Å². The third kappa shape index (κ3) is 2.71. The summed E-state index contributed by atoms with van der Waals surface area (Å²) in [5.41, 5.74) is 10.2. The fraction of sp³-hybridized carbons (Fsp3) is 0. The van der Waals surface area contributed by atoms with Crippen molar-refractivity contribution < 1.29 is 4.42 Å². The van der Waals surface area contributed by atoms with Gasteiger partial charge in [-0.25, -0.2) is 9.97 Å². The lowest BCUT2D eigenvalue weighted by atomic mass is 9.98. The second kappa shape index (κ2) is 7.65. The van der Waals surface area contributed by atoms with E-state index in [9.17, 15) is 0 Å². The molecule has 5 aromatic heterocycles. The monoisotopic (exact) mass is 565 g/mol. The van der Waals surface area contributed by atoms with Crippen LogP contribution in [0.15, 0.2) is 120 Å². The highest BCUT2D eigenvalue weighted by Crippen LogP contribution is 2.49. The Morgan fingerprint density at radius 2 is 1.30 bits per heavy atom. The van der Waals surface area contributed by atoms with E-state index in [1.165, 1.54) is 42.0 Å². The zero-order chi connectivity index (χ0) is 27.8. The average Bonchev–Trinajstić information content (AvgIpc) is 3.79. The Kier molecular flexibility index (Phi) is 3.94. The first-order valence-electron chi connectivity index (χ1n) is 14.4. The number of thiophene rings is 1. The number of furan rings is 1. The van der Waals surface area contributed by atoms with Gasteiger partial charge in [0.15, 0.2) is 5.65 Å². The van der Waals surface area contributed by atoms with Gasteiger partial charge >= 0.3 is 0 Å². The van der Waals surface area contributed by atoms with Crippen LogP contribution >= 0.6 is 11.3 Å². The normalized spacial score (nSPS) is 12.7. The standard InChI is InChI=1S/C38H19N3OS/c1-5-14-29-22(8-1)25-18-20(16-17-30(25)42-29)21-10-7-11-24-34-33-23-9-2-6-15-31(23)43-32(33)19-26-35-38(41(36(21)24)37(26)34)40-28-13-4-3-12-27(28)39-35/h1-19H. The first kappa shape index (κ1) is 22.1. The molecule has 198 valence electrons. The third-order valence-electron chi connectivity index (χ3n) is 9.10. The first-order valence-corrected chi connectivity index (χ1v) is 15.2. The van der Waals surface area contributed by atoms with Crippen molar-refractivity contribution in [3.05, 3.63) is 115 Å². The van der Waals surface area contributed by atoms with Gasteiger partial charge in [0.1, 0.15) is 16.7 Å². The Morgan fingerprint density at radius 3 is 2.23 bits per heavy atom. The highest BCUT2D eigenvalue weighted by Gasteiger charge is 2.25. The summed E-state index contributed by atoms with van der Waals surface area (Å²) in [7, 11) is 0. The van der Waals surface area contributed by atoms with Crippen molar-refractivity contribution in [1.82, 2.24) is 14.4 Å². The smallest absolute Gasteiger partial charge is 0.165 e. The summed E-state index contributed by atoms with van der Waals surface area (Å²) < 4.78 is 11.1. The summed E-state index contributed by atoms with van der Waals surface area (Å²) in [5.74, 6) is 0. The summed E-state index contributed by atoms with van der Waals surface area (Å²) in [6.45, 7) is 0. The molecule has 5 heteroatoms. The van der Waals surface area contributed by atoms with Gasteiger partial charge in [-0.2, -0.15) is 0 Å². The molecule has 0 unspecified atom stereocenters. The van der Waals surface area contributed by atoms with Crippen LogP contribution < -0.4 is 0 Å². The molecule has 0 aliphatic heterocycles. The number of hydrogen-bond acceptors (Lipinski definition) is 4. The van der Waals surface area contributed by atoms with E-state index in [1.54, 1.807) is 0 Å². The Hall–Kier alpha value is -5.52. The molecule has 0 aliphatic rings. The number of nitrogens with zero attached hydrogens (tertiary/aromatic N) is 3. The minimum atomic E-state index is 0.901. The van der Waals surface area contributed by atoms with E-state index in [1.807, 2.05) is 35.6 Å². The van der Waals surface area contributed by atoms with Gasteiger partial charge in [-0.15, -0.1) is 11.3 Å². The molecule has 0 saturated carbocycles. The summed E-state index contributed by atoms with van der Waals surface area (Å²) in [5, 5.41) is 8.54. The fourth-order valence-electron chi connectivity index (χ4n) is 7.32. The molecule has 0 amide bonds. The van der Waals surface area contributed by atoms with Crippen LogP contribution in [0.25, 0.3) is 103 Å². The zero-order valence-corrected chi connectivity index (χ0v) is 23.4. The highest BCUT2D eigenvalue weighted by atomic mass is 32.1. The van der Waals surface area contributed by atoms with Crippen molar-refractivity contribution in [1.29, 1.82) is 0 Å². The molecule has 0 fully saturated rings. The largest absolute Gasteiger partial charge is 0.456 e. The van der Waals surface area contributed by atoms with E-state index >= 15 is 0 Å². The van der Waals surface area contributed by atoms with Crippen LogP contribution in [0.4, 0.5) is 0 Å². The van der Waals surface area contributed by atoms with Crippen LogP contribution in [-0.2, 0) is 0 Å². The van der Waals surface area contributed by atoms with Crippen molar-refractivity contribution >= 4 is 103 Å². The van der Waals surface area contributed by atoms with Crippen LogP contribution in [0.5, 0.6) is 0 Å². The molecule has 43 heavy (non-hydrogen) atoms. The number of fused-ring (bicyclic) bond motifs is 14. The average molecular weight is 566 g/mol. The third-order valence-corrected chi connectivity index (χ3v) is 10.2. The molecule has 4 nitrogen and oxygen atoms in total. The quantitative estimate of drug-likeness (QED) is 0.199. The molecule has 0 bridgehead atoms. The minimum Gasteiger partial charge on any atom is -0.456 e. The van der Waals surface area contributed by atoms with E-state index in [2.05, 4.69) is 95.4 Å². The van der Waals surface area contributed by atoms with Crippen molar-refractivity contribution in [2.45, 2.75) is 0 Å². The van der Waals surface area contributed by atoms with Crippen LogP contribution in [0, 0.1) is 0 Å². The van der Waals surface area contributed by atoms with Crippen LogP contribution in [0.2, 0.25) is 0 Å². The van der Waals surface area contributed by atoms with Crippen LogP contribution in [-0.4, -0.2) is 14.4 Å². The van der Waals surface area contributed by atoms with Crippen molar-refractivity contribution in [3.63, 3.8) is 0 Å². The molecule has 11 aromatic rings. The molecule has 0 saturated heterocycles. The number of benzene rings is 6. The summed E-state index contributed by atoms with van der Waals surface area (Å²) in [6, 6.07) is 40.8. The van der Waals surface area contributed by atoms with Crippen molar-refractivity contribution in [3.8, 4) is 11.1 Å². The summed E-state index contributed by atoms with van der Waals surface area (Å²) >= 11 is 1.86. The lowest BCUT2D eigenvalue weighted by Gasteiger charge is -2.07. The maximum Gasteiger partial charge on any atom is 0.165 e. The van der Waals surface area contributed by atoms with Gasteiger partial charge in [0.2, 0.25) is 0 Å². The lowest BCUT2D eigenvalue weighted by molar-refractivity contribution is 0.669. The molecule has 11 rings (SSSR count). The minimum absolute atomic E-state index is 0.901. The molecule has 5 heterocycles. The van der Waals surface area contributed by atoms with Gasteiger partial charge in [-0.3, -0.25) is 4.40 Å². The van der Waals surface area contributed by atoms with Crippen LogP contribution in [0.3, 0.4) is 0 Å². The molecule has 0 N–H and O–H groups in total. The molecular formula is C38H19N3OS. The molecule has 0 radical (unpaired) electrons. The van der Waals surface area contributed by atoms with E-state index in [0.717, 1.165) is 60.6 Å². The molecule has 0 aliphatic carbocycles. The van der Waals surface area contributed by atoms with E-state index in [4.69, 9.17) is 14.4 Å². The Labute approximate surface area is 247 Å². The van der Waals surface area contributed by atoms with Gasteiger partial charge in [-0.05, 0) is 48.0 Å². The SMILES string of the molecule is c1ccc2nc3c(nc2c1)c1cc2sc4ccccc4c2c2c4cccc(-c5ccc6oc7ccccc7c6c5)c4n3c12. The number of aromatic nitrogens is 3. The van der Waals surface area contributed by atoms with E-state index in [0.29, 0.717) is 0 Å². The van der Waals surface area contributed by atoms with E-state index in [-0.39, 0.29) is 0 Å². The first-order chi connectivity index (χ1) is 21.3. The maximum absolute atomic E-state index is 6.18. The topological polar surface area (TPSA) is 43.3 Å². The molecule has 0 spiro atoms. The number of hydrogen-bond donors (Lipinski definition) is 0. The molecular weight excluding hydrogens is 547 g/mol. The van der Waals surface area contributed by atoms with Crippen molar-refractivity contribution in [2.24, 2.45) is 0 Å². The Balaban J connectivity index is 1.39. The zero-order valence-electron chi connectivity index (χ0n) is 22.6. The maximum atomic E-state index is 6.18. The summed E-state index contributed by atoms with van der Waals surface area (Å²) in [4.78, 5) is 10.5. The highest BCUT2D eigenvalue weighted by molar-refractivity contribution is 7.26. The number of rotatable bonds is 1. The summed E-state index contributed by atoms with van der Waals surface area (Å²) in [6.07, 6.45) is 0. The Bertz CT molecular complexity index is 2960. The fourth-order valence-corrected chi connectivity index (χ4v) is 8.47. The number of para-hydroxylation sites is 4. The lowest BCUT2D eigenvalue weighted by Crippen LogP contribution is -1.90. The van der Waals surface area contributed by atoms with Gasteiger partial charge in [0, 0.05) is 52.7 Å². The van der Waals surface area contributed by atoms with Crippen molar-refractivity contribution in [2.75, 3.05) is 0 Å². The second-order valence-electron chi connectivity index (χ2n) is 11.3. The van der Waals surface area contributed by atoms with Gasteiger partial charge < -0.3 is 4.42 Å². The second-order valence-corrected chi connectivity index (χ2v) is 12.4. The molecule has 6 aromatic carbocycles. The predicted molar refractivity (Wildman–Crippen MR) is 180 cm³/mol. The van der Waals surface area contributed by atoms with Gasteiger partial charge in [-0.1, -0.05) is 72.8 Å². The Morgan fingerprint density at radius 1 is 0.535 bits per heavy atom.